The van der Waals surface area contributed by atoms with Gasteiger partial charge in [-0.3, -0.25) is 9.69 Å². The van der Waals surface area contributed by atoms with Crippen LogP contribution >= 0.6 is 0 Å². The number of tetrazole rings is 1. The fourth-order valence-electron chi connectivity index (χ4n) is 4.41. The molecule has 0 aliphatic carbocycles. The van der Waals surface area contributed by atoms with Crippen LogP contribution in [0, 0.1) is 5.92 Å². The van der Waals surface area contributed by atoms with E-state index in [0.29, 0.717) is 23.2 Å². The average Bonchev–Trinajstić information content (AvgIpc) is 2.99. The Hall–Kier alpha value is -2.80. The lowest BCUT2D eigenvalue weighted by molar-refractivity contribution is 0.0736. The molecule has 1 amide bonds. The van der Waals surface area contributed by atoms with E-state index in [9.17, 15) is 4.79 Å². The number of carbonyl (C=O) groups is 1. The van der Waals surface area contributed by atoms with E-state index in [4.69, 9.17) is 0 Å². The highest BCUT2D eigenvalue weighted by Gasteiger charge is 2.36. The van der Waals surface area contributed by atoms with Crippen LogP contribution in [-0.4, -0.2) is 61.4 Å². The molecule has 0 N–H and O–H groups in total. The van der Waals surface area contributed by atoms with Crippen molar-refractivity contribution in [1.82, 2.24) is 29.8 Å². The van der Waals surface area contributed by atoms with Gasteiger partial charge in [0.05, 0.1) is 0 Å². The fraction of sp³-hybridized carbons (Fsp3) is 0.400. The summed E-state index contributed by atoms with van der Waals surface area (Å²) in [6.07, 6.45) is 4.11. The molecule has 3 aromatic rings. The smallest absolute Gasteiger partial charge is 0.254 e. The first-order valence-corrected chi connectivity index (χ1v) is 9.51. The minimum atomic E-state index is 0.0824. The topological polar surface area (TPSA) is 66.6 Å². The zero-order chi connectivity index (χ0) is 18.2. The molecule has 3 saturated heterocycles. The van der Waals surface area contributed by atoms with E-state index in [-0.39, 0.29) is 5.91 Å². The van der Waals surface area contributed by atoms with Gasteiger partial charge >= 0.3 is 0 Å². The van der Waals surface area contributed by atoms with Gasteiger partial charge in [-0.2, -0.15) is 0 Å². The Bertz CT molecular complexity index is 955. The Kier molecular flexibility index (Phi) is 4.09. The number of amides is 1. The number of rotatable bonds is 3. The first-order valence-electron chi connectivity index (χ1n) is 9.51. The van der Waals surface area contributed by atoms with Crippen molar-refractivity contribution in [3.63, 3.8) is 0 Å². The highest BCUT2D eigenvalue weighted by atomic mass is 16.2. The Morgan fingerprint density at radius 2 is 1.96 bits per heavy atom. The summed E-state index contributed by atoms with van der Waals surface area (Å²) in [5, 5.41) is 11.4. The van der Waals surface area contributed by atoms with Crippen molar-refractivity contribution in [2.24, 2.45) is 5.92 Å². The maximum absolute atomic E-state index is 13.1. The van der Waals surface area contributed by atoms with Crippen molar-refractivity contribution in [3.05, 3.63) is 59.8 Å². The zero-order valence-electron chi connectivity index (χ0n) is 15.1. The van der Waals surface area contributed by atoms with Crippen LogP contribution in [-0.2, 0) is 6.54 Å². The van der Waals surface area contributed by atoms with E-state index < -0.39 is 0 Å². The van der Waals surface area contributed by atoms with Gasteiger partial charge in [0.25, 0.3) is 5.91 Å². The van der Waals surface area contributed by atoms with Gasteiger partial charge in [-0.25, -0.2) is 4.52 Å². The number of fused-ring (bicyclic) bond motifs is 5. The quantitative estimate of drug-likeness (QED) is 0.711. The third-order valence-corrected chi connectivity index (χ3v) is 5.79. The van der Waals surface area contributed by atoms with Crippen LogP contribution in [0.4, 0.5) is 0 Å². The Morgan fingerprint density at radius 1 is 1.07 bits per heavy atom. The summed E-state index contributed by atoms with van der Waals surface area (Å²) < 4.78 is 1.57. The summed E-state index contributed by atoms with van der Waals surface area (Å²) in [5.41, 5.74) is 2.60. The lowest BCUT2D eigenvalue weighted by Crippen LogP contribution is -2.43. The molecule has 3 fully saturated rings. The van der Waals surface area contributed by atoms with Gasteiger partial charge in [0.1, 0.15) is 0 Å². The van der Waals surface area contributed by atoms with E-state index >= 15 is 0 Å². The molecule has 7 heteroatoms. The molecule has 138 valence electrons. The van der Waals surface area contributed by atoms with Crippen LogP contribution in [0.1, 0.15) is 28.8 Å². The highest BCUT2D eigenvalue weighted by Crippen LogP contribution is 2.30. The van der Waals surface area contributed by atoms with E-state index in [2.05, 4.69) is 50.8 Å². The van der Waals surface area contributed by atoms with Crippen molar-refractivity contribution in [1.29, 1.82) is 0 Å². The lowest BCUT2D eigenvalue weighted by Gasteiger charge is -2.36. The largest absolute Gasteiger partial charge is 0.337 e. The van der Waals surface area contributed by atoms with Gasteiger partial charge < -0.3 is 4.90 Å². The number of hydrogen-bond acceptors (Lipinski definition) is 5. The van der Waals surface area contributed by atoms with Crippen LogP contribution in [0.3, 0.4) is 0 Å². The van der Waals surface area contributed by atoms with Crippen molar-refractivity contribution in [3.8, 4) is 0 Å². The second kappa shape index (κ2) is 6.74. The Labute approximate surface area is 157 Å². The van der Waals surface area contributed by atoms with Crippen LogP contribution in [0.15, 0.2) is 48.7 Å². The van der Waals surface area contributed by atoms with E-state index in [0.717, 1.165) is 32.6 Å². The summed E-state index contributed by atoms with van der Waals surface area (Å²) >= 11 is 0. The maximum Gasteiger partial charge on any atom is 0.254 e. The summed E-state index contributed by atoms with van der Waals surface area (Å²) in [6.45, 7) is 3.65. The molecule has 2 atom stereocenters. The van der Waals surface area contributed by atoms with Gasteiger partial charge in [0.15, 0.2) is 5.65 Å². The summed E-state index contributed by atoms with van der Waals surface area (Å²) in [6, 6.07) is 14.6. The van der Waals surface area contributed by atoms with Gasteiger partial charge in [0.2, 0.25) is 0 Å². The second-order valence-electron chi connectivity index (χ2n) is 7.62. The van der Waals surface area contributed by atoms with Crippen LogP contribution in [0.2, 0.25) is 0 Å². The predicted octanol–water partition coefficient (Wildman–Crippen LogP) is 1.86. The van der Waals surface area contributed by atoms with Gasteiger partial charge in [-0.05, 0) is 46.9 Å². The Balaban J connectivity index is 1.35. The molecule has 27 heavy (non-hydrogen) atoms. The number of pyridine rings is 1. The number of carbonyl (C=O) groups excluding carboxylic acids is 1. The van der Waals surface area contributed by atoms with Crippen LogP contribution in [0.5, 0.6) is 0 Å². The van der Waals surface area contributed by atoms with Gasteiger partial charge in [0, 0.05) is 44.0 Å². The molecular weight excluding hydrogens is 340 g/mol. The van der Waals surface area contributed by atoms with E-state index in [1.807, 2.05) is 4.90 Å². The molecule has 0 saturated carbocycles. The van der Waals surface area contributed by atoms with E-state index in [1.54, 1.807) is 22.8 Å². The SMILES string of the molecule is O=C(c1ccn2nnnc2c1)N1C[C@H]2CC[C@@H](C1)N(Cc1ccccc1)C2. The zero-order valence-corrected chi connectivity index (χ0v) is 15.1. The molecule has 2 aromatic heterocycles. The molecule has 1 aromatic carbocycles. The number of hydrogen-bond donors (Lipinski definition) is 0. The fourth-order valence-corrected chi connectivity index (χ4v) is 4.41. The molecule has 0 spiro atoms. The predicted molar refractivity (Wildman–Crippen MR) is 100 cm³/mol. The van der Waals surface area contributed by atoms with Gasteiger partial charge in [-0.15, -0.1) is 5.10 Å². The number of piperidine rings is 1. The van der Waals surface area contributed by atoms with Gasteiger partial charge in [-0.1, -0.05) is 30.3 Å². The molecule has 2 bridgehead atoms. The van der Waals surface area contributed by atoms with Crippen molar-refractivity contribution in [2.75, 3.05) is 19.6 Å². The third kappa shape index (κ3) is 3.19. The maximum atomic E-state index is 13.1. The number of aromatic nitrogens is 4. The summed E-state index contributed by atoms with van der Waals surface area (Å²) in [4.78, 5) is 17.7. The normalized spacial score (nSPS) is 22.9. The molecule has 0 radical (unpaired) electrons. The minimum Gasteiger partial charge on any atom is -0.337 e. The highest BCUT2D eigenvalue weighted by molar-refractivity contribution is 5.95. The Morgan fingerprint density at radius 3 is 2.85 bits per heavy atom. The molecular formula is C20H22N6O. The van der Waals surface area contributed by atoms with Crippen molar-refractivity contribution in [2.45, 2.75) is 25.4 Å². The monoisotopic (exact) mass is 362 g/mol. The second-order valence-corrected chi connectivity index (χ2v) is 7.62. The minimum absolute atomic E-state index is 0.0824. The van der Waals surface area contributed by atoms with Crippen LogP contribution in [0.25, 0.3) is 5.65 Å². The number of benzene rings is 1. The molecule has 7 nitrogen and oxygen atoms in total. The lowest BCUT2D eigenvalue weighted by atomic mass is 9.94. The standard InChI is InChI=1S/C20H22N6O/c27-20(17-8-9-26-19(10-17)21-22-23-26)25-13-16-6-7-18(14-25)24(12-16)11-15-4-2-1-3-5-15/h1-5,8-10,16,18H,6-7,11-14H2/t16-,18-/m0/s1. The molecule has 5 heterocycles. The molecule has 6 rings (SSSR count). The van der Waals surface area contributed by atoms with Crippen molar-refractivity contribution < 1.29 is 4.79 Å². The van der Waals surface area contributed by atoms with Crippen molar-refractivity contribution >= 4 is 11.6 Å². The van der Waals surface area contributed by atoms with Crippen LogP contribution < -0.4 is 0 Å². The molecule has 0 unspecified atom stereocenters. The average molecular weight is 362 g/mol. The molecule has 3 aliphatic rings. The summed E-state index contributed by atoms with van der Waals surface area (Å²) in [7, 11) is 0. The first-order chi connectivity index (χ1) is 13.3. The van der Waals surface area contributed by atoms with E-state index in [1.165, 1.54) is 12.0 Å². The first kappa shape index (κ1) is 16.4. The summed E-state index contributed by atoms with van der Waals surface area (Å²) in [5.74, 6) is 0.619. The molecule has 3 aliphatic heterocycles. The number of nitrogens with zero attached hydrogens (tertiary/aromatic N) is 6. The third-order valence-electron chi connectivity index (χ3n) is 5.79.